The van der Waals surface area contributed by atoms with Gasteiger partial charge >= 0.3 is 11.9 Å². The van der Waals surface area contributed by atoms with E-state index in [9.17, 15) is 9.59 Å². The Labute approximate surface area is 103 Å². The van der Waals surface area contributed by atoms with E-state index in [4.69, 9.17) is 18.1 Å². The molecule has 0 bridgehead atoms. The van der Waals surface area contributed by atoms with Crippen LogP contribution in [0.5, 0.6) is 0 Å². The molecule has 0 aliphatic carbocycles. The minimum Gasteiger partial charge on any atom is -0.481 e. The van der Waals surface area contributed by atoms with E-state index in [1.54, 1.807) is 0 Å². The molecule has 2 radical (unpaired) electrons. The minimum absolute atomic E-state index is 0.112. The summed E-state index contributed by atoms with van der Waals surface area (Å²) < 4.78 is 0. The zero-order valence-corrected chi connectivity index (χ0v) is 10.2. The summed E-state index contributed by atoms with van der Waals surface area (Å²) in [5.41, 5.74) is 0. The fourth-order valence-corrected chi connectivity index (χ4v) is 1.56. The van der Waals surface area contributed by atoms with Crippen LogP contribution in [0.1, 0.15) is 39.0 Å². The van der Waals surface area contributed by atoms with Crippen LogP contribution >= 0.6 is 0 Å². The highest BCUT2D eigenvalue weighted by Crippen LogP contribution is 2.34. The number of carboxylic acid groups (broad SMARTS) is 2. The van der Waals surface area contributed by atoms with Crippen LogP contribution in [0, 0.1) is 0 Å². The van der Waals surface area contributed by atoms with Gasteiger partial charge in [-0.15, -0.1) is 0 Å². The van der Waals surface area contributed by atoms with Gasteiger partial charge in [-0.25, -0.2) is 0 Å². The molecule has 3 N–H and O–H groups in total. The molecule has 0 saturated heterocycles. The van der Waals surface area contributed by atoms with E-state index in [-0.39, 0.29) is 6.54 Å². The molecule has 96 valence electrons. The van der Waals surface area contributed by atoms with Crippen LogP contribution in [0.2, 0.25) is 5.31 Å². The highest BCUT2D eigenvalue weighted by atomic mass is 16.4. The van der Waals surface area contributed by atoms with Gasteiger partial charge in [0.1, 0.15) is 0 Å². The molecule has 0 amide bonds. The molecule has 0 aromatic carbocycles. The highest BCUT2D eigenvalue weighted by molar-refractivity contribution is 6.26. The molecule has 1 unspecified atom stereocenters. The molecule has 1 atom stereocenters. The number of nitrogens with one attached hydrogen (secondary N) is 1. The Morgan fingerprint density at radius 1 is 1.24 bits per heavy atom. The average molecular weight is 241 g/mol. The van der Waals surface area contributed by atoms with Gasteiger partial charge in [-0.3, -0.25) is 9.59 Å². The van der Waals surface area contributed by atoms with Crippen LogP contribution in [0.15, 0.2) is 0 Å². The number of hydrogen-bond donors (Lipinski definition) is 3. The Balaban J connectivity index is 3.92. The van der Waals surface area contributed by atoms with Crippen LogP contribution < -0.4 is 5.32 Å². The monoisotopic (exact) mass is 241 g/mol. The lowest BCUT2D eigenvalue weighted by atomic mass is 9.63. The standard InChI is InChI=1S/C11H20BNO4/c1-2-3-5-11(12,10(16)17)6-4-7-13-8-9(14)15/h13H,2-8H2,1H3,(H,14,15)(H,16,17). The van der Waals surface area contributed by atoms with Gasteiger partial charge in [0.15, 0.2) is 0 Å². The Bertz CT molecular complexity index is 260. The molecule has 0 aliphatic heterocycles. The molecule has 0 saturated carbocycles. The fourth-order valence-electron chi connectivity index (χ4n) is 1.56. The normalized spacial score (nSPS) is 14.2. The van der Waals surface area contributed by atoms with E-state index in [1.807, 2.05) is 6.92 Å². The molecule has 0 aliphatic rings. The van der Waals surface area contributed by atoms with Gasteiger partial charge in [-0.1, -0.05) is 19.8 Å². The number of aliphatic carboxylic acids is 2. The molecule has 0 aromatic rings. The first kappa shape index (κ1) is 16.0. The predicted octanol–water partition coefficient (Wildman–Crippen LogP) is 1.04. The summed E-state index contributed by atoms with van der Waals surface area (Å²) in [4.78, 5) is 21.3. The van der Waals surface area contributed by atoms with E-state index >= 15 is 0 Å². The second kappa shape index (κ2) is 8.11. The third kappa shape index (κ3) is 6.99. The van der Waals surface area contributed by atoms with Gasteiger partial charge in [0.05, 0.1) is 14.4 Å². The van der Waals surface area contributed by atoms with Crippen molar-refractivity contribution in [2.45, 2.75) is 44.3 Å². The fraction of sp³-hybridized carbons (Fsp3) is 0.818. The van der Waals surface area contributed by atoms with Gasteiger partial charge < -0.3 is 15.5 Å². The molecule has 0 rings (SSSR count). The predicted molar refractivity (Wildman–Crippen MR) is 65.3 cm³/mol. The van der Waals surface area contributed by atoms with Gasteiger partial charge in [0, 0.05) is 5.31 Å². The maximum atomic E-state index is 11.1. The van der Waals surface area contributed by atoms with Gasteiger partial charge in [-0.2, -0.15) is 0 Å². The van der Waals surface area contributed by atoms with Crippen molar-refractivity contribution in [3.8, 4) is 0 Å². The number of carboxylic acids is 2. The van der Waals surface area contributed by atoms with Crippen molar-refractivity contribution in [3.05, 3.63) is 0 Å². The Kier molecular flexibility index (Phi) is 7.62. The van der Waals surface area contributed by atoms with Crippen LogP contribution in [-0.2, 0) is 9.59 Å². The summed E-state index contributed by atoms with van der Waals surface area (Å²) in [6.07, 6.45) is 3.06. The van der Waals surface area contributed by atoms with E-state index in [0.717, 1.165) is 12.8 Å². The third-order valence-electron chi connectivity index (χ3n) is 2.66. The number of unbranched alkanes of at least 4 members (excludes halogenated alkanes) is 1. The summed E-state index contributed by atoms with van der Waals surface area (Å²) in [5, 5.41) is 19.0. The second-order valence-electron chi connectivity index (χ2n) is 4.24. The SMILES string of the molecule is [B]C(CCCC)(CCCNCC(=O)O)C(=O)O. The number of hydrogen-bond acceptors (Lipinski definition) is 3. The molecule has 0 spiro atoms. The molecule has 0 fully saturated rings. The summed E-state index contributed by atoms with van der Waals surface area (Å²) in [6, 6.07) is 0. The topological polar surface area (TPSA) is 86.6 Å². The summed E-state index contributed by atoms with van der Waals surface area (Å²) in [5.74, 6) is -1.91. The maximum Gasteiger partial charge on any atom is 0.317 e. The molecule has 17 heavy (non-hydrogen) atoms. The largest absolute Gasteiger partial charge is 0.481 e. The van der Waals surface area contributed by atoms with Crippen LogP contribution in [0.25, 0.3) is 0 Å². The Morgan fingerprint density at radius 3 is 2.29 bits per heavy atom. The first-order valence-corrected chi connectivity index (χ1v) is 5.87. The van der Waals surface area contributed by atoms with Crippen molar-refractivity contribution in [2.24, 2.45) is 0 Å². The molecule has 0 heterocycles. The lowest BCUT2D eigenvalue weighted by Crippen LogP contribution is -2.27. The van der Waals surface area contributed by atoms with Crippen molar-refractivity contribution in [1.82, 2.24) is 5.32 Å². The van der Waals surface area contributed by atoms with E-state index < -0.39 is 17.3 Å². The summed E-state index contributed by atoms with van der Waals surface area (Å²) in [7, 11) is 5.83. The van der Waals surface area contributed by atoms with Crippen LogP contribution in [0.4, 0.5) is 0 Å². The lowest BCUT2D eigenvalue weighted by molar-refractivity contribution is -0.141. The highest BCUT2D eigenvalue weighted by Gasteiger charge is 2.30. The first-order chi connectivity index (χ1) is 7.92. The second-order valence-corrected chi connectivity index (χ2v) is 4.24. The Morgan fingerprint density at radius 2 is 1.82 bits per heavy atom. The van der Waals surface area contributed by atoms with E-state index in [2.05, 4.69) is 5.32 Å². The zero-order chi connectivity index (χ0) is 13.3. The van der Waals surface area contributed by atoms with E-state index in [0.29, 0.717) is 25.8 Å². The number of rotatable bonds is 10. The molecular formula is C11H20BNO4. The van der Waals surface area contributed by atoms with Crippen molar-refractivity contribution >= 4 is 19.8 Å². The summed E-state index contributed by atoms with van der Waals surface area (Å²) >= 11 is 0. The van der Waals surface area contributed by atoms with Gasteiger partial charge in [-0.05, 0) is 25.8 Å². The van der Waals surface area contributed by atoms with Gasteiger partial charge in [0.2, 0.25) is 0 Å². The van der Waals surface area contributed by atoms with Crippen LogP contribution in [-0.4, -0.2) is 43.1 Å². The molecule has 6 heteroatoms. The summed E-state index contributed by atoms with van der Waals surface area (Å²) in [6.45, 7) is 2.33. The van der Waals surface area contributed by atoms with Gasteiger partial charge in [0.25, 0.3) is 0 Å². The van der Waals surface area contributed by atoms with Crippen molar-refractivity contribution in [3.63, 3.8) is 0 Å². The van der Waals surface area contributed by atoms with Crippen LogP contribution in [0.3, 0.4) is 0 Å². The smallest absolute Gasteiger partial charge is 0.317 e. The zero-order valence-electron chi connectivity index (χ0n) is 10.2. The quantitative estimate of drug-likeness (QED) is 0.393. The third-order valence-corrected chi connectivity index (χ3v) is 2.66. The molecule has 5 nitrogen and oxygen atoms in total. The van der Waals surface area contributed by atoms with Crippen molar-refractivity contribution < 1.29 is 19.8 Å². The minimum atomic E-state index is -1.18. The number of carbonyl (C=O) groups is 2. The Hall–Kier alpha value is -1.04. The van der Waals surface area contributed by atoms with Crippen molar-refractivity contribution in [1.29, 1.82) is 0 Å². The maximum absolute atomic E-state index is 11.1. The van der Waals surface area contributed by atoms with E-state index in [1.165, 1.54) is 0 Å². The average Bonchev–Trinajstić information content (AvgIpc) is 2.25. The molecular weight excluding hydrogens is 221 g/mol. The lowest BCUT2D eigenvalue weighted by Gasteiger charge is -2.25. The molecule has 0 aromatic heterocycles. The van der Waals surface area contributed by atoms with Crippen molar-refractivity contribution in [2.75, 3.05) is 13.1 Å². The first-order valence-electron chi connectivity index (χ1n) is 5.87.